The highest BCUT2D eigenvalue weighted by atomic mass is 79.9. The van der Waals surface area contributed by atoms with Gasteiger partial charge in [0.2, 0.25) is 0 Å². The van der Waals surface area contributed by atoms with Gasteiger partial charge < -0.3 is 9.84 Å². The third kappa shape index (κ3) is 2.57. The van der Waals surface area contributed by atoms with Gasteiger partial charge in [0.05, 0.1) is 16.0 Å². The van der Waals surface area contributed by atoms with Gasteiger partial charge in [-0.25, -0.2) is 0 Å². The van der Waals surface area contributed by atoms with E-state index in [1.165, 1.54) is 0 Å². The van der Waals surface area contributed by atoms with E-state index in [1.807, 2.05) is 12.1 Å². The summed E-state index contributed by atoms with van der Waals surface area (Å²) >= 11 is 4.98. The molecule has 4 heteroatoms. The van der Waals surface area contributed by atoms with Gasteiger partial charge in [-0.15, -0.1) is 11.3 Å². The molecule has 0 amide bonds. The summed E-state index contributed by atoms with van der Waals surface area (Å²) in [6, 6.07) is 3.94. The summed E-state index contributed by atoms with van der Waals surface area (Å²) in [7, 11) is 0. The SMILES string of the molecule is OC(CC1CCCO1)c1ccc(Br)s1. The van der Waals surface area contributed by atoms with Crippen molar-refractivity contribution >= 4 is 27.3 Å². The van der Waals surface area contributed by atoms with Crippen molar-refractivity contribution in [1.29, 1.82) is 0 Å². The minimum absolute atomic E-state index is 0.255. The molecule has 0 aromatic carbocycles. The lowest BCUT2D eigenvalue weighted by Crippen LogP contribution is -2.10. The molecule has 1 aliphatic heterocycles. The van der Waals surface area contributed by atoms with Crippen LogP contribution in [0.25, 0.3) is 0 Å². The molecule has 1 N–H and O–H groups in total. The van der Waals surface area contributed by atoms with Crippen LogP contribution in [0.15, 0.2) is 15.9 Å². The third-order valence-electron chi connectivity index (χ3n) is 2.43. The van der Waals surface area contributed by atoms with E-state index >= 15 is 0 Å². The van der Waals surface area contributed by atoms with Gasteiger partial charge >= 0.3 is 0 Å². The Morgan fingerprint density at radius 2 is 2.50 bits per heavy atom. The molecule has 1 saturated heterocycles. The molecule has 78 valence electrons. The zero-order chi connectivity index (χ0) is 9.97. The van der Waals surface area contributed by atoms with E-state index in [-0.39, 0.29) is 12.2 Å². The monoisotopic (exact) mass is 276 g/mol. The van der Waals surface area contributed by atoms with Crippen LogP contribution < -0.4 is 0 Å². The first-order valence-electron chi connectivity index (χ1n) is 4.80. The molecule has 1 fully saturated rings. The van der Waals surface area contributed by atoms with Crippen LogP contribution in [0, 0.1) is 0 Å². The van der Waals surface area contributed by atoms with E-state index in [2.05, 4.69) is 15.9 Å². The number of thiophene rings is 1. The molecular weight excluding hydrogens is 264 g/mol. The molecule has 0 spiro atoms. The Morgan fingerprint density at radius 1 is 1.64 bits per heavy atom. The fourth-order valence-corrected chi connectivity index (χ4v) is 3.13. The average molecular weight is 277 g/mol. The smallest absolute Gasteiger partial charge is 0.0907 e. The van der Waals surface area contributed by atoms with Crippen molar-refractivity contribution in [3.8, 4) is 0 Å². The maximum Gasteiger partial charge on any atom is 0.0907 e. The molecule has 1 aromatic heterocycles. The van der Waals surface area contributed by atoms with E-state index in [4.69, 9.17) is 4.74 Å². The Bertz CT molecular complexity index is 294. The van der Waals surface area contributed by atoms with Crippen molar-refractivity contribution in [2.75, 3.05) is 6.61 Å². The summed E-state index contributed by atoms with van der Waals surface area (Å²) in [6.45, 7) is 0.853. The van der Waals surface area contributed by atoms with Crippen molar-refractivity contribution in [3.05, 3.63) is 20.8 Å². The van der Waals surface area contributed by atoms with Crippen molar-refractivity contribution in [1.82, 2.24) is 0 Å². The Hall–Kier alpha value is 0.1000. The number of hydrogen-bond donors (Lipinski definition) is 1. The van der Waals surface area contributed by atoms with Crippen molar-refractivity contribution in [3.63, 3.8) is 0 Å². The molecule has 1 aromatic rings. The molecule has 2 atom stereocenters. The lowest BCUT2D eigenvalue weighted by Gasteiger charge is -2.13. The molecule has 0 radical (unpaired) electrons. The summed E-state index contributed by atoms with van der Waals surface area (Å²) in [5, 5.41) is 9.90. The predicted molar refractivity (Wildman–Crippen MR) is 60.6 cm³/mol. The molecule has 0 saturated carbocycles. The highest BCUT2D eigenvalue weighted by molar-refractivity contribution is 9.11. The second kappa shape index (κ2) is 4.75. The lowest BCUT2D eigenvalue weighted by atomic mass is 10.1. The summed E-state index contributed by atoms with van der Waals surface area (Å²) in [6.07, 6.45) is 2.84. The van der Waals surface area contributed by atoms with Crippen LogP contribution in [-0.2, 0) is 4.74 Å². The van der Waals surface area contributed by atoms with Gasteiger partial charge in [0.15, 0.2) is 0 Å². The van der Waals surface area contributed by atoms with Gasteiger partial charge in [-0.2, -0.15) is 0 Å². The molecule has 0 bridgehead atoms. The largest absolute Gasteiger partial charge is 0.387 e. The minimum Gasteiger partial charge on any atom is -0.387 e. The number of rotatable bonds is 3. The summed E-state index contributed by atoms with van der Waals surface area (Å²) < 4.78 is 6.55. The van der Waals surface area contributed by atoms with Crippen LogP contribution in [0.4, 0.5) is 0 Å². The maximum atomic E-state index is 9.90. The van der Waals surface area contributed by atoms with Crippen LogP contribution in [0.5, 0.6) is 0 Å². The van der Waals surface area contributed by atoms with E-state index < -0.39 is 0 Å². The van der Waals surface area contributed by atoms with E-state index in [0.29, 0.717) is 0 Å². The van der Waals surface area contributed by atoms with Crippen LogP contribution in [0.2, 0.25) is 0 Å². The summed E-state index contributed by atoms with van der Waals surface area (Å²) in [5.74, 6) is 0. The first-order chi connectivity index (χ1) is 6.75. The zero-order valence-electron chi connectivity index (χ0n) is 7.78. The number of halogens is 1. The lowest BCUT2D eigenvalue weighted by molar-refractivity contribution is 0.0548. The van der Waals surface area contributed by atoms with Crippen LogP contribution in [-0.4, -0.2) is 17.8 Å². The first kappa shape index (κ1) is 10.6. The van der Waals surface area contributed by atoms with Crippen molar-refractivity contribution in [2.45, 2.75) is 31.5 Å². The Kier molecular flexibility index (Phi) is 3.60. The maximum absolute atomic E-state index is 9.90. The normalized spacial score (nSPS) is 24.0. The van der Waals surface area contributed by atoms with Gasteiger partial charge in [0, 0.05) is 17.9 Å². The molecule has 14 heavy (non-hydrogen) atoms. The molecule has 1 aliphatic rings. The number of hydrogen-bond acceptors (Lipinski definition) is 3. The molecule has 2 heterocycles. The minimum atomic E-state index is -0.366. The van der Waals surface area contributed by atoms with Crippen LogP contribution in [0.3, 0.4) is 0 Å². The van der Waals surface area contributed by atoms with Crippen LogP contribution >= 0.6 is 27.3 Å². The Balaban J connectivity index is 1.91. The van der Waals surface area contributed by atoms with Gasteiger partial charge in [-0.05, 0) is 40.9 Å². The average Bonchev–Trinajstić information content (AvgIpc) is 2.75. The highest BCUT2D eigenvalue weighted by Gasteiger charge is 2.21. The Morgan fingerprint density at radius 3 is 3.07 bits per heavy atom. The highest BCUT2D eigenvalue weighted by Crippen LogP contribution is 2.31. The molecular formula is C10H13BrO2S. The topological polar surface area (TPSA) is 29.5 Å². The zero-order valence-corrected chi connectivity index (χ0v) is 10.2. The van der Waals surface area contributed by atoms with Gasteiger partial charge in [-0.3, -0.25) is 0 Å². The van der Waals surface area contributed by atoms with E-state index in [1.54, 1.807) is 11.3 Å². The standard InChI is InChI=1S/C10H13BrO2S/c11-10-4-3-9(14-10)8(12)6-7-2-1-5-13-7/h3-4,7-8,12H,1-2,5-6H2. The van der Waals surface area contributed by atoms with Crippen LogP contribution in [0.1, 0.15) is 30.2 Å². The van der Waals surface area contributed by atoms with E-state index in [9.17, 15) is 5.11 Å². The second-order valence-electron chi connectivity index (χ2n) is 3.53. The van der Waals surface area contributed by atoms with Gasteiger partial charge in [-0.1, -0.05) is 0 Å². The number of aliphatic hydroxyl groups is 1. The fraction of sp³-hybridized carbons (Fsp3) is 0.600. The molecule has 0 aliphatic carbocycles. The van der Waals surface area contributed by atoms with Gasteiger partial charge in [0.1, 0.15) is 0 Å². The molecule has 2 rings (SSSR count). The number of ether oxygens (including phenoxy) is 1. The third-order valence-corrected chi connectivity index (χ3v) is 4.16. The fourth-order valence-electron chi connectivity index (χ4n) is 1.70. The molecule has 2 nitrogen and oxygen atoms in total. The van der Waals surface area contributed by atoms with E-state index in [0.717, 1.165) is 34.5 Å². The van der Waals surface area contributed by atoms with Gasteiger partial charge in [0.25, 0.3) is 0 Å². The first-order valence-corrected chi connectivity index (χ1v) is 6.41. The Labute approximate surface area is 96.0 Å². The molecule has 2 unspecified atom stereocenters. The summed E-state index contributed by atoms with van der Waals surface area (Å²) in [4.78, 5) is 1.02. The quantitative estimate of drug-likeness (QED) is 0.919. The second-order valence-corrected chi connectivity index (χ2v) is 6.02. The van der Waals surface area contributed by atoms with Crippen molar-refractivity contribution < 1.29 is 9.84 Å². The summed E-state index contributed by atoms with van der Waals surface area (Å²) in [5.41, 5.74) is 0. The predicted octanol–water partition coefficient (Wildman–Crippen LogP) is 3.11. The number of aliphatic hydroxyl groups excluding tert-OH is 1. The van der Waals surface area contributed by atoms with Crippen molar-refractivity contribution in [2.24, 2.45) is 0 Å².